The largest absolute Gasteiger partial charge is 0.490 e. The van der Waals surface area contributed by atoms with E-state index in [1.807, 2.05) is 0 Å². The van der Waals surface area contributed by atoms with Crippen LogP contribution >= 0.6 is 0 Å². The quantitative estimate of drug-likeness (QED) is 0.644. The van der Waals surface area contributed by atoms with E-state index in [1.165, 1.54) is 6.07 Å². The lowest BCUT2D eigenvalue weighted by Crippen LogP contribution is -2.46. The van der Waals surface area contributed by atoms with E-state index in [2.05, 4.69) is 12.2 Å². The molecule has 1 aromatic rings. The smallest absolute Gasteiger partial charge is 0.276 e. The van der Waals surface area contributed by atoms with Gasteiger partial charge in [-0.25, -0.2) is 0 Å². The minimum Gasteiger partial charge on any atom is -0.490 e. The highest BCUT2D eigenvalue weighted by Crippen LogP contribution is 2.29. The van der Waals surface area contributed by atoms with Crippen molar-refractivity contribution in [3.63, 3.8) is 0 Å². The van der Waals surface area contributed by atoms with Gasteiger partial charge in [-0.1, -0.05) is 6.92 Å². The second kappa shape index (κ2) is 5.35. The maximum absolute atomic E-state index is 10.8. The highest BCUT2D eigenvalue weighted by molar-refractivity contribution is 5.45. The summed E-state index contributed by atoms with van der Waals surface area (Å²) in [7, 11) is 0. The van der Waals surface area contributed by atoms with Gasteiger partial charge in [0.25, 0.3) is 5.69 Å². The number of ether oxygens (including phenoxy) is 1. The van der Waals surface area contributed by atoms with Crippen molar-refractivity contribution in [1.29, 1.82) is 0 Å². The Labute approximate surface area is 106 Å². The molecular weight excluding hydrogens is 232 g/mol. The summed E-state index contributed by atoms with van der Waals surface area (Å²) in [6, 6.07) is 5.56. The van der Waals surface area contributed by atoms with E-state index in [0.29, 0.717) is 17.4 Å². The summed E-state index contributed by atoms with van der Waals surface area (Å²) in [6.07, 6.45) is 2.11. The maximum Gasteiger partial charge on any atom is 0.276 e. The minimum atomic E-state index is -0.371. The first-order valence-electron chi connectivity index (χ1n) is 6.25. The third-order valence-electron chi connectivity index (χ3n) is 3.27. The monoisotopic (exact) mass is 250 g/mol. The predicted octanol–water partition coefficient (Wildman–Crippen LogP) is 2.42. The van der Waals surface area contributed by atoms with Crippen LogP contribution in [0.4, 0.5) is 5.69 Å². The van der Waals surface area contributed by atoms with Gasteiger partial charge in [0, 0.05) is 11.6 Å². The van der Waals surface area contributed by atoms with E-state index in [4.69, 9.17) is 4.74 Å². The fraction of sp³-hybridized carbons (Fsp3) is 0.538. The lowest BCUT2D eigenvalue weighted by atomic mass is 9.89. The summed E-state index contributed by atoms with van der Waals surface area (Å²) in [5.74, 6) is 0.590. The van der Waals surface area contributed by atoms with Crippen LogP contribution in [0.2, 0.25) is 0 Å². The Balaban J connectivity index is 1.95. The van der Waals surface area contributed by atoms with Gasteiger partial charge in [-0.15, -0.1) is 0 Å². The van der Waals surface area contributed by atoms with Crippen LogP contribution in [0.25, 0.3) is 0 Å². The van der Waals surface area contributed by atoms with Crippen LogP contribution in [-0.4, -0.2) is 23.6 Å². The van der Waals surface area contributed by atoms with Gasteiger partial charge in [0.1, 0.15) is 11.9 Å². The second-order valence-corrected chi connectivity index (χ2v) is 4.67. The Morgan fingerprint density at radius 1 is 1.50 bits per heavy atom. The number of benzene rings is 1. The molecule has 0 bridgehead atoms. The summed E-state index contributed by atoms with van der Waals surface area (Å²) >= 11 is 0. The topological polar surface area (TPSA) is 64.4 Å². The van der Waals surface area contributed by atoms with Gasteiger partial charge in [0.05, 0.1) is 11.0 Å². The van der Waals surface area contributed by atoms with Crippen LogP contribution in [0.5, 0.6) is 5.75 Å². The number of nitro benzene ring substituents is 1. The van der Waals surface area contributed by atoms with Crippen LogP contribution < -0.4 is 10.1 Å². The van der Waals surface area contributed by atoms with Crippen LogP contribution in [0.15, 0.2) is 18.2 Å². The van der Waals surface area contributed by atoms with Gasteiger partial charge < -0.3 is 10.1 Å². The predicted molar refractivity (Wildman–Crippen MR) is 68.9 cm³/mol. The second-order valence-electron chi connectivity index (χ2n) is 4.67. The summed E-state index contributed by atoms with van der Waals surface area (Å²) in [6.45, 7) is 4.78. The number of hydrogen-bond donors (Lipinski definition) is 1. The zero-order valence-corrected chi connectivity index (χ0v) is 10.7. The summed E-state index contributed by atoms with van der Waals surface area (Å²) in [4.78, 5) is 10.4. The molecule has 0 atom stereocenters. The van der Waals surface area contributed by atoms with E-state index in [-0.39, 0.29) is 16.7 Å². The van der Waals surface area contributed by atoms with Crippen molar-refractivity contribution in [1.82, 2.24) is 5.32 Å². The van der Waals surface area contributed by atoms with Crippen molar-refractivity contribution in [3.8, 4) is 5.75 Å². The van der Waals surface area contributed by atoms with Gasteiger partial charge in [-0.3, -0.25) is 10.1 Å². The maximum atomic E-state index is 10.8. The number of aryl methyl sites for hydroxylation is 1. The normalized spacial score (nSPS) is 22.3. The number of nitrogens with one attached hydrogen (secondary N) is 1. The van der Waals surface area contributed by atoms with E-state index >= 15 is 0 Å². The highest BCUT2D eigenvalue weighted by atomic mass is 16.6. The summed E-state index contributed by atoms with van der Waals surface area (Å²) in [5.41, 5.74) is 0.779. The van der Waals surface area contributed by atoms with E-state index < -0.39 is 0 Å². The molecule has 1 aliphatic carbocycles. The molecule has 1 saturated carbocycles. The molecule has 0 unspecified atom stereocenters. The first kappa shape index (κ1) is 12.8. The zero-order chi connectivity index (χ0) is 13.1. The van der Waals surface area contributed by atoms with E-state index in [1.54, 1.807) is 19.1 Å². The number of nitrogens with zero attached hydrogens (tertiary/aromatic N) is 1. The molecule has 0 heterocycles. The molecule has 0 amide bonds. The van der Waals surface area contributed by atoms with Crippen molar-refractivity contribution >= 4 is 5.69 Å². The van der Waals surface area contributed by atoms with E-state index in [0.717, 1.165) is 19.4 Å². The van der Waals surface area contributed by atoms with Gasteiger partial charge in [-0.2, -0.15) is 0 Å². The number of hydrogen-bond acceptors (Lipinski definition) is 4. The third kappa shape index (κ3) is 2.79. The lowest BCUT2D eigenvalue weighted by Gasteiger charge is -2.35. The van der Waals surface area contributed by atoms with Crippen LogP contribution in [0.3, 0.4) is 0 Å². The fourth-order valence-corrected chi connectivity index (χ4v) is 2.17. The molecule has 1 fully saturated rings. The number of nitro groups is 1. The van der Waals surface area contributed by atoms with E-state index in [9.17, 15) is 10.1 Å². The average molecular weight is 250 g/mol. The molecule has 1 N–H and O–H groups in total. The zero-order valence-electron chi connectivity index (χ0n) is 10.7. The molecule has 0 radical (unpaired) electrons. The van der Waals surface area contributed by atoms with Gasteiger partial charge in [0.15, 0.2) is 0 Å². The minimum absolute atomic E-state index is 0.120. The molecular formula is C13H18N2O3. The van der Waals surface area contributed by atoms with Gasteiger partial charge in [0.2, 0.25) is 0 Å². The number of rotatable bonds is 5. The van der Waals surface area contributed by atoms with Crippen molar-refractivity contribution in [2.45, 2.75) is 38.8 Å². The standard InChI is InChI=1S/C13H18N2O3/c1-3-14-10-6-12(7-10)18-11-5-4-9(2)13(8-11)15(16)17/h4-5,8,10,12,14H,3,6-7H2,1-2H3. The van der Waals surface area contributed by atoms with Crippen molar-refractivity contribution in [2.24, 2.45) is 0 Å². The average Bonchev–Trinajstić information content (AvgIpc) is 2.28. The van der Waals surface area contributed by atoms with Crippen molar-refractivity contribution < 1.29 is 9.66 Å². The molecule has 1 aromatic carbocycles. The Hall–Kier alpha value is -1.62. The summed E-state index contributed by atoms with van der Waals surface area (Å²) in [5, 5.41) is 14.2. The lowest BCUT2D eigenvalue weighted by molar-refractivity contribution is -0.385. The Morgan fingerprint density at radius 3 is 2.83 bits per heavy atom. The molecule has 1 aliphatic rings. The molecule has 98 valence electrons. The first-order chi connectivity index (χ1) is 8.60. The van der Waals surface area contributed by atoms with Crippen molar-refractivity contribution in [3.05, 3.63) is 33.9 Å². The molecule has 0 spiro atoms. The van der Waals surface area contributed by atoms with Gasteiger partial charge >= 0.3 is 0 Å². The SMILES string of the molecule is CCNC1CC(Oc2ccc(C)c([N+](=O)[O-])c2)C1. The fourth-order valence-electron chi connectivity index (χ4n) is 2.17. The van der Waals surface area contributed by atoms with Crippen LogP contribution in [0.1, 0.15) is 25.3 Å². The molecule has 0 aromatic heterocycles. The third-order valence-corrected chi connectivity index (χ3v) is 3.27. The highest BCUT2D eigenvalue weighted by Gasteiger charge is 2.30. The van der Waals surface area contributed by atoms with Crippen LogP contribution in [0, 0.1) is 17.0 Å². The molecule has 5 heteroatoms. The Kier molecular flexibility index (Phi) is 3.81. The Bertz CT molecular complexity index is 442. The summed E-state index contributed by atoms with van der Waals surface area (Å²) < 4.78 is 5.73. The molecule has 2 rings (SSSR count). The molecule has 18 heavy (non-hydrogen) atoms. The van der Waals surface area contributed by atoms with Crippen molar-refractivity contribution in [2.75, 3.05) is 6.54 Å². The molecule has 0 aliphatic heterocycles. The van der Waals surface area contributed by atoms with Crippen LogP contribution in [-0.2, 0) is 0 Å². The molecule has 5 nitrogen and oxygen atoms in total. The van der Waals surface area contributed by atoms with Gasteiger partial charge in [-0.05, 0) is 38.4 Å². The molecule has 0 saturated heterocycles. The first-order valence-corrected chi connectivity index (χ1v) is 6.25. The Morgan fingerprint density at radius 2 is 2.22 bits per heavy atom.